The standard InChI is InChI=1S/C21H24ClN3O2S2/c1-3-25(18-7-5-17(6-8-18)24-12-10-23-11-13-24)29(26,27)21-15(2)19-14-16(22)4-9-20(19)28-21/h4-9,14,23H,3,10-13H2,1-2H3. The topological polar surface area (TPSA) is 52.6 Å². The molecule has 154 valence electrons. The Morgan fingerprint density at radius 2 is 1.83 bits per heavy atom. The van der Waals surface area contributed by atoms with Crippen LogP contribution in [0.25, 0.3) is 10.1 Å². The second-order valence-electron chi connectivity index (χ2n) is 7.08. The summed E-state index contributed by atoms with van der Waals surface area (Å²) in [5.74, 6) is 0. The van der Waals surface area contributed by atoms with Gasteiger partial charge in [0, 0.05) is 48.1 Å². The normalized spacial score (nSPS) is 15.1. The maximum atomic E-state index is 13.5. The molecule has 1 aliphatic rings. The van der Waals surface area contributed by atoms with Gasteiger partial charge in [0.05, 0.1) is 5.69 Å². The average molecular weight is 450 g/mol. The number of fused-ring (bicyclic) bond motifs is 1. The number of halogens is 1. The van der Waals surface area contributed by atoms with E-state index in [2.05, 4.69) is 10.2 Å². The van der Waals surface area contributed by atoms with E-state index in [9.17, 15) is 8.42 Å². The van der Waals surface area contributed by atoms with Crippen molar-refractivity contribution in [3.05, 3.63) is 53.1 Å². The molecule has 0 amide bonds. The number of aryl methyl sites for hydroxylation is 1. The Kier molecular flexibility index (Phi) is 5.75. The molecule has 1 N–H and O–H groups in total. The van der Waals surface area contributed by atoms with Crippen LogP contribution in [0.3, 0.4) is 0 Å². The molecule has 3 aromatic rings. The molecule has 4 rings (SSSR count). The van der Waals surface area contributed by atoms with Crippen molar-refractivity contribution in [2.75, 3.05) is 41.9 Å². The van der Waals surface area contributed by atoms with Crippen LogP contribution < -0.4 is 14.5 Å². The quantitative estimate of drug-likeness (QED) is 0.623. The molecule has 5 nitrogen and oxygen atoms in total. The molecular weight excluding hydrogens is 426 g/mol. The monoisotopic (exact) mass is 449 g/mol. The summed E-state index contributed by atoms with van der Waals surface area (Å²) in [4.78, 5) is 2.31. The van der Waals surface area contributed by atoms with Gasteiger partial charge in [0.1, 0.15) is 4.21 Å². The van der Waals surface area contributed by atoms with Gasteiger partial charge >= 0.3 is 0 Å². The van der Waals surface area contributed by atoms with Gasteiger partial charge in [0.15, 0.2) is 0 Å². The third-order valence-electron chi connectivity index (χ3n) is 5.29. The van der Waals surface area contributed by atoms with Crippen molar-refractivity contribution in [2.45, 2.75) is 18.1 Å². The Morgan fingerprint density at radius 1 is 1.14 bits per heavy atom. The molecule has 0 aliphatic carbocycles. The Balaban J connectivity index is 1.68. The van der Waals surface area contributed by atoms with Crippen LogP contribution in [0, 0.1) is 6.92 Å². The van der Waals surface area contributed by atoms with Crippen molar-refractivity contribution < 1.29 is 8.42 Å². The van der Waals surface area contributed by atoms with Gasteiger partial charge < -0.3 is 10.2 Å². The van der Waals surface area contributed by atoms with E-state index < -0.39 is 10.0 Å². The van der Waals surface area contributed by atoms with Crippen molar-refractivity contribution in [1.29, 1.82) is 0 Å². The van der Waals surface area contributed by atoms with Crippen molar-refractivity contribution in [1.82, 2.24) is 5.32 Å². The van der Waals surface area contributed by atoms with Gasteiger partial charge in [-0.2, -0.15) is 0 Å². The van der Waals surface area contributed by atoms with E-state index >= 15 is 0 Å². The number of hydrogen-bond acceptors (Lipinski definition) is 5. The van der Waals surface area contributed by atoms with Crippen LogP contribution in [-0.2, 0) is 10.0 Å². The molecule has 8 heteroatoms. The maximum Gasteiger partial charge on any atom is 0.274 e. The van der Waals surface area contributed by atoms with E-state index in [1.54, 1.807) is 6.07 Å². The number of piperazine rings is 1. The zero-order valence-electron chi connectivity index (χ0n) is 16.5. The first-order valence-corrected chi connectivity index (χ1v) is 12.3. The van der Waals surface area contributed by atoms with Gasteiger partial charge in [-0.1, -0.05) is 11.6 Å². The first-order valence-electron chi connectivity index (χ1n) is 9.69. The van der Waals surface area contributed by atoms with E-state index in [-0.39, 0.29) is 0 Å². The summed E-state index contributed by atoms with van der Waals surface area (Å²) in [5, 5.41) is 4.85. The summed E-state index contributed by atoms with van der Waals surface area (Å²) in [6.45, 7) is 7.92. The molecule has 0 spiro atoms. The van der Waals surface area contributed by atoms with Crippen LogP contribution in [0.15, 0.2) is 46.7 Å². The summed E-state index contributed by atoms with van der Waals surface area (Å²) >= 11 is 7.42. The fourth-order valence-corrected chi connectivity index (χ4v) is 7.25. The van der Waals surface area contributed by atoms with Crippen molar-refractivity contribution in [3.8, 4) is 0 Å². The van der Waals surface area contributed by atoms with Crippen LogP contribution in [0.4, 0.5) is 11.4 Å². The molecule has 0 saturated carbocycles. The number of thiophene rings is 1. The van der Waals surface area contributed by atoms with E-state index in [0.717, 1.165) is 47.5 Å². The number of nitrogens with one attached hydrogen (secondary N) is 1. The summed E-state index contributed by atoms with van der Waals surface area (Å²) in [6.07, 6.45) is 0. The molecule has 1 saturated heterocycles. The lowest BCUT2D eigenvalue weighted by molar-refractivity contribution is 0.589. The minimum Gasteiger partial charge on any atom is -0.369 e. The van der Waals surface area contributed by atoms with E-state index in [1.807, 2.05) is 50.2 Å². The van der Waals surface area contributed by atoms with Gasteiger partial charge in [-0.25, -0.2) is 8.42 Å². The predicted octanol–water partition coefficient (Wildman–Crippen LogP) is 4.49. The molecule has 1 aliphatic heterocycles. The molecule has 0 atom stereocenters. The molecule has 0 bridgehead atoms. The van der Waals surface area contributed by atoms with E-state index in [1.165, 1.54) is 15.6 Å². The smallest absolute Gasteiger partial charge is 0.274 e. The van der Waals surface area contributed by atoms with Crippen LogP contribution in [-0.4, -0.2) is 41.1 Å². The third-order valence-corrected chi connectivity index (χ3v) is 9.29. The highest BCUT2D eigenvalue weighted by molar-refractivity contribution is 7.95. The molecule has 29 heavy (non-hydrogen) atoms. The maximum absolute atomic E-state index is 13.5. The lowest BCUT2D eigenvalue weighted by Gasteiger charge is -2.30. The average Bonchev–Trinajstić information content (AvgIpc) is 3.06. The summed E-state index contributed by atoms with van der Waals surface area (Å²) < 4.78 is 29.8. The SMILES string of the molecule is CCN(c1ccc(N2CCNCC2)cc1)S(=O)(=O)c1sc2ccc(Cl)cc2c1C. The molecule has 0 radical (unpaired) electrons. The molecule has 1 fully saturated rings. The van der Waals surface area contributed by atoms with Crippen LogP contribution in [0.5, 0.6) is 0 Å². The van der Waals surface area contributed by atoms with Gasteiger partial charge in [0.25, 0.3) is 10.0 Å². The molecule has 2 aromatic carbocycles. The minimum atomic E-state index is -3.66. The third kappa shape index (κ3) is 3.84. The number of sulfonamides is 1. The fraction of sp³-hybridized carbons (Fsp3) is 0.333. The van der Waals surface area contributed by atoms with Crippen LogP contribution >= 0.6 is 22.9 Å². The highest BCUT2D eigenvalue weighted by atomic mass is 35.5. The lowest BCUT2D eigenvalue weighted by atomic mass is 10.2. The molecule has 2 heterocycles. The minimum absolute atomic E-state index is 0.365. The van der Waals surface area contributed by atoms with Crippen LogP contribution in [0.1, 0.15) is 12.5 Å². The van der Waals surface area contributed by atoms with Crippen molar-refractivity contribution in [3.63, 3.8) is 0 Å². The molecule has 1 aromatic heterocycles. The summed E-state index contributed by atoms with van der Waals surface area (Å²) in [7, 11) is -3.66. The second kappa shape index (κ2) is 8.14. The number of hydrogen-bond donors (Lipinski definition) is 1. The fourth-order valence-electron chi connectivity index (χ4n) is 3.76. The number of rotatable bonds is 5. The number of anilines is 2. The van der Waals surface area contributed by atoms with Crippen LogP contribution in [0.2, 0.25) is 5.02 Å². The largest absolute Gasteiger partial charge is 0.369 e. The van der Waals surface area contributed by atoms with Gasteiger partial charge in [-0.3, -0.25) is 4.31 Å². The van der Waals surface area contributed by atoms with Gasteiger partial charge in [-0.05, 0) is 67.3 Å². The molecule has 0 unspecified atom stereocenters. The molecular formula is C21H24ClN3O2S2. The van der Waals surface area contributed by atoms with Gasteiger partial charge in [0.2, 0.25) is 0 Å². The first kappa shape index (κ1) is 20.5. The second-order valence-corrected chi connectivity index (χ2v) is 10.6. The lowest BCUT2D eigenvalue weighted by Crippen LogP contribution is -2.43. The first-order chi connectivity index (χ1) is 13.9. The summed E-state index contributed by atoms with van der Waals surface area (Å²) in [5.41, 5.74) is 2.56. The Bertz CT molecular complexity index is 1120. The zero-order valence-corrected chi connectivity index (χ0v) is 18.9. The van der Waals surface area contributed by atoms with E-state index in [4.69, 9.17) is 11.6 Å². The highest BCUT2D eigenvalue weighted by Crippen LogP contribution is 2.38. The predicted molar refractivity (Wildman–Crippen MR) is 123 cm³/mol. The van der Waals surface area contributed by atoms with Crippen molar-refractivity contribution >= 4 is 54.4 Å². The Labute approximate surface area is 180 Å². The number of benzene rings is 2. The zero-order chi connectivity index (χ0) is 20.6. The Hall–Kier alpha value is -1.80. The van der Waals surface area contributed by atoms with Crippen molar-refractivity contribution in [2.24, 2.45) is 0 Å². The van der Waals surface area contributed by atoms with Gasteiger partial charge in [-0.15, -0.1) is 11.3 Å². The van der Waals surface area contributed by atoms with E-state index in [0.29, 0.717) is 21.5 Å². The number of nitrogens with zero attached hydrogens (tertiary/aromatic N) is 2. The summed E-state index contributed by atoms with van der Waals surface area (Å²) in [6, 6.07) is 13.3. The highest BCUT2D eigenvalue weighted by Gasteiger charge is 2.28. The Morgan fingerprint density at radius 3 is 2.48 bits per heavy atom.